The van der Waals surface area contributed by atoms with Crippen molar-refractivity contribution in [2.45, 2.75) is 13.8 Å². The van der Waals surface area contributed by atoms with E-state index in [1.807, 2.05) is 13.8 Å². The smallest absolute Gasteiger partial charge is 0.361 e. The average Bonchev–Trinajstić information content (AvgIpc) is 3.17. The zero-order valence-electron chi connectivity index (χ0n) is 14.6. The molecule has 1 amide bonds. The van der Waals surface area contributed by atoms with Crippen LogP contribution in [0.15, 0.2) is 42.5 Å². The van der Waals surface area contributed by atoms with Crippen molar-refractivity contribution in [1.29, 1.82) is 0 Å². The van der Waals surface area contributed by atoms with Gasteiger partial charge in [0.05, 0.1) is 22.4 Å². The number of benzene rings is 2. The van der Waals surface area contributed by atoms with E-state index in [-0.39, 0.29) is 11.9 Å². The van der Waals surface area contributed by atoms with Gasteiger partial charge in [-0.25, -0.2) is 9.97 Å². The highest BCUT2D eigenvalue weighted by atomic mass is 16.5. The fourth-order valence-electron chi connectivity index (χ4n) is 2.48. The van der Waals surface area contributed by atoms with Crippen LogP contribution in [0.4, 0.5) is 5.69 Å². The van der Waals surface area contributed by atoms with Crippen LogP contribution in [0.2, 0.25) is 0 Å². The number of tetrazole rings is 1. The SMILES string of the molecule is Cc1nc2ccc(C(=O)Nc3ccc(Oc4nn[nH]n4)cc3)cc2nc1C. The van der Waals surface area contributed by atoms with Gasteiger partial charge in [0.2, 0.25) is 0 Å². The van der Waals surface area contributed by atoms with E-state index in [0.29, 0.717) is 22.5 Å². The highest BCUT2D eigenvalue weighted by molar-refractivity contribution is 6.05. The van der Waals surface area contributed by atoms with Crippen LogP contribution in [-0.2, 0) is 0 Å². The molecular formula is C18H15N7O2. The second-order valence-electron chi connectivity index (χ2n) is 5.87. The molecule has 0 aliphatic rings. The van der Waals surface area contributed by atoms with E-state index in [2.05, 4.69) is 35.9 Å². The standard InChI is InChI=1S/C18H15N7O2/c1-10-11(2)20-16-9-12(3-8-15(16)19-10)17(26)21-13-4-6-14(7-5-13)27-18-22-24-25-23-18/h3-9H,1-2H3,(H,21,26)(H,22,23,24,25). The highest BCUT2D eigenvalue weighted by Crippen LogP contribution is 2.20. The summed E-state index contributed by atoms with van der Waals surface area (Å²) >= 11 is 0. The molecule has 9 heteroatoms. The molecular weight excluding hydrogens is 346 g/mol. The van der Waals surface area contributed by atoms with Gasteiger partial charge in [-0.2, -0.15) is 5.21 Å². The number of rotatable bonds is 4. The lowest BCUT2D eigenvalue weighted by atomic mass is 10.1. The summed E-state index contributed by atoms with van der Waals surface area (Å²) in [4.78, 5) is 21.5. The quantitative estimate of drug-likeness (QED) is 0.573. The Morgan fingerprint density at radius 3 is 2.44 bits per heavy atom. The Morgan fingerprint density at radius 1 is 1.00 bits per heavy atom. The maximum Gasteiger partial charge on any atom is 0.361 e. The first-order chi connectivity index (χ1) is 13.1. The van der Waals surface area contributed by atoms with Crippen molar-refractivity contribution in [2.75, 3.05) is 5.32 Å². The molecule has 0 radical (unpaired) electrons. The van der Waals surface area contributed by atoms with E-state index in [9.17, 15) is 4.79 Å². The lowest BCUT2D eigenvalue weighted by Gasteiger charge is -2.08. The molecule has 2 aromatic carbocycles. The molecule has 0 spiro atoms. The Hall–Kier alpha value is -3.88. The van der Waals surface area contributed by atoms with Crippen LogP contribution in [0, 0.1) is 13.8 Å². The second kappa shape index (κ2) is 6.79. The van der Waals surface area contributed by atoms with Gasteiger partial charge in [0.1, 0.15) is 5.75 Å². The van der Waals surface area contributed by atoms with Gasteiger partial charge < -0.3 is 10.1 Å². The minimum Gasteiger partial charge on any atom is -0.422 e. The second-order valence-corrected chi connectivity index (χ2v) is 5.87. The molecule has 0 unspecified atom stereocenters. The predicted octanol–water partition coefficient (Wildman–Crippen LogP) is 2.80. The maximum absolute atomic E-state index is 12.5. The molecule has 0 aliphatic carbocycles. The number of hydrogen-bond donors (Lipinski definition) is 2. The first-order valence-electron chi connectivity index (χ1n) is 8.16. The molecule has 2 N–H and O–H groups in total. The van der Waals surface area contributed by atoms with Gasteiger partial charge in [0.25, 0.3) is 5.91 Å². The first-order valence-corrected chi connectivity index (χ1v) is 8.16. The van der Waals surface area contributed by atoms with Crippen molar-refractivity contribution >= 4 is 22.6 Å². The molecule has 4 aromatic rings. The summed E-state index contributed by atoms with van der Waals surface area (Å²) < 4.78 is 5.39. The van der Waals surface area contributed by atoms with Crippen molar-refractivity contribution in [3.8, 4) is 11.8 Å². The molecule has 134 valence electrons. The van der Waals surface area contributed by atoms with E-state index in [0.717, 1.165) is 16.9 Å². The molecule has 0 saturated heterocycles. The number of aromatic amines is 1. The molecule has 4 rings (SSSR count). The maximum atomic E-state index is 12.5. The fourth-order valence-corrected chi connectivity index (χ4v) is 2.48. The molecule has 9 nitrogen and oxygen atoms in total. The fraction of sp³-hybridized carbons (Fsp3) is 0.111. The van der Waals surface area contributed by atoms with E-state index in [4.69, 9.17) is 4.74 Å². The summed E-state index contributed by atoms with van der Waals surface area (Å²) in [6.07, 6.45) is 0. The Morgan fingerprint density at radius 2 is 1.74 bits per heavy atom. The van der Waals surface area contributed by atoms with Crippen LogP contribution in [-0.4, -0.2) is 36.5 Å². The van der Waals surface area contributed by atoms with Crippen molar-refractivity contribution in [1.82, 2.24) is 30.6 Å². The van der Waals surface area contributed by atoms with Crippen LogP contribution in [0.3, 0.4) is 0 Å². The molecule has 0 fully saturated rings. The van der Waals surface area contributed by atoms with E-state index in [1.165, 1.54) is 0 Å². The number of carbonyl (C=O) groups excluding carboxylic acids is 1. The molecule has 2 heterocycles. The highest BCUT2D eigenvalue weighted by Gasteiger charge is 2.10. The summed E-state index contributed by atoms with van der Waals surface area (Å²) in [7, 11) is 0. The zero-order chi connectivity index (χ0) is 18.8. The van der Waals surface area contributed by atoms with Gasteiger partial charge in [-0.15, -0.1) is 0 Å². The normalized spacial score (nSPS) is 10.7. The van der Waals surface area contributed by atoms with Crippen LogP contribution >= 0.6 is 0 Å². The number of aromatic nitrogens is 6. The lowest BCUT2D eigenvalue weighted by Crippen LogP contribution is -2.12. The molecule has 0 bridgehead atoms. The van der Waals surface area contributed by atoms with E-state index in [1.54, 1.807) is 42.5 Å². The predicted molar refractivity (Wildman–Crippen MR) is 97.7 cm³/mol. The lowest BCUT2D eigenvalue weighted by molar-refractivity contribution is 0.102. The van der Waals surface area contributed by atoms with Crippen molar-refractivity contribution < 1.29 is 9.53 Å². The third-order valence-electron chi connectivity index (χ3n) is 3.98. The molecule has 0 aliphatic heterocycles. The summed E-state index contributed by atoms with van der Waals surface area (Å²) in [6.45, 7) is 3.81. The Kier molecular flexibility index (Phi) is 4.17. The van der Waals surface area contributed by atoms with Crippen LogP contribution < -0.4 is 10.1 Å². The molecule has 0 atom stereocenters. The van der Waals surface area contributed by atoms with Crippen LogP contribution in [0.1, 0.15) is 21.7 Å². The number of nitrogens with zero attached hydrogens (tertiary/aromatic N) is 5. The molecule has 27 heavy (non-hydrogen) atoms. The van der Waals surface area contributed by atoms with Gasteiger partial charge in [-0.3, -0.25) is 4.79 Å². The summed E-state index contributed by atoms with van der Waals surface area (Å²) in [5, 5.41) is 16.0. The Balaban J connectivity index is 1.50. The number of ether oxygens (including phenoxy) is 1. The first kappa shape index (κ1) is 16.6. The topological polar surface area (TPSA) is 119 Å². The number of H-pyrrole nitrogens is 1. The number of anilines is 1. The van der Waals surface area contributed by atoms with Crippen LogP contribution in [0.25, 0.3) is 11.0 Å². The number of fused-ring (bicyclic) bond motifs is 1. The summed E-state index contributed by atoms with van der Waals surface area (Å²) in [5.41, 5.74) is 4.31. The number of hydrogen-bond acceptors (Lipinski definition) is 7. The van der Waals surface area contributed by atoms with E-state index >= 15 is 0 Å². The average molecular weight is 361 g/mol. The zero-order valence-corrected chi connectivity index (χ0v) is 14.6. The van der Waals surface area contributed by atoms with Gasteiger partial charge in [-0.05, 0) is 61.5 Å². The molecule has 0 saturated carbocycles. The number of aryl methyl sites for hydroxylation is 2. The number of nitrogens with one attached hydrogen (secondary N) is 2. The largest absolute Gasteiger partial charge is 0.422 e. The summed E-state index contributed by atoms with van der Waals surface area (Å²) in [6, 6.07) is 12.2. The van der Waals surface area contributed by atoms with Crippen LogP contribution in [0.5, 0.6) is 11.8 Å². The minimum absolute atomic E-state index is 0.120. The third kappa shape index (κ3) is 3.56. The van der Waals surface area contributed by atoms with Gasteiger partial charge in [-0.1, -0.05) is 10.2 Å². The third-order valence-corrected chi connectivity index (χ3v) is 3.98. The number of amides is 1. The monoisotopic (exact) mass is 361 g/mol. The Bertz CT molecular complexity index is 1110. The molecule has 2 aromatic heterocycles. The van der Waals surface area contributed by atoms with Gasteiger partial charge >= 0.3 is 6.01 Å². The van der Waals surface area contributed by atoms with Gasteiger partial charge in [0, 0.05) is 11.3 Å². The van der Waals surface area contributed by atoms with Crippen molar-refractivity contribution in [2.24, 2.45) is 0 Å². The van der Waals surface area contributed by atoms with Gasteiger partial charge in [0.15, 0.2) is 0 Å². The van der Waals surface area contributed by atoms with Crippen molar-refractivity contribution in [3.63, 3.8) is 0 Å². The summed E-state index contributed by atoms with van der Waals surface area (Å²) in [5.74, 6) is 0.296. The minimum atomic E-state index is -0.233. The Labute approximate surface area is 153 Å². The number of carbonyl (C=O) groups is 1. The van der Waals surface area contributed by atoms with Crippen molar-refractivity contribution in [3.05, 3.63) is 59.4 Å². The van der Waals surface area contributed by atoms with E-state index < -0.39 is 0 Å².